The largest absolute Gasteiger partial charge is 0.456 e. The Morgan fingerprint density at radius 3 is 2.89 bits per heavy atom. The summed E-state index contributed by atoms with van der Waals surface area (Å²) >= 11 is 0. The van der Waals surface area contributed by atoms with Gasteiger partial charge in [0.05, 0.1) is 22.5 Å². The number of nitrogens with two attached hydrogens (primary N) is 1. The first kappa shape index (κ1) is 17.6. The number of anilines is 3. The fraction of sp³-hybridized carbons (Fsp3) is 0. The van der Waals surface area contributed by atoms with Gasteiger partial charge in [-0.3, -0.25) is 9.98 Å². The number of hydrogen-bond donors (Lipinski definition) is 2. The normalized spacial score (nSPS) is 10.5. The van der Waals surface area contributed by atoms with Gasteiger partial charge in [-0.2, -0.15) is 5.26 Å². The van der Waals surface area contributed by atoms with Crippen molar-refractivity contribution in [3.05, 3.63) is 72.9 Å². The van der Waals surface area contributed by atoms with Crippen LogP contribution in [0.2, 0.25) is 0 Å². The molecule has 3 rings (SSSR count). The molecule has 0 amide bonds. The van der Waals surface area contributed by atoms with Gasteiger partial charge in [-0.15, -0.1) is 0 Å². The average Bonchev–Trinajstić information content (AvgIpc) is 2.68. The summed E-state index contributed by atoms with van der Waals surface area (Å²) in [7, 11) is 0. The summed E-state index contributed by atoms with van der Waals surface area (Å²) in [6.07, 6.45) is 6.18. The number of rotatable bonds is 6. The predicted octanol–water partition coefficient (Wildman–Crippen LogP) is 3.93. The molecule has 3 N–H and O–H groups in total. The molecule has 0 spiro atoms. The number of hydrogen-bond acceptors (Lipinski definition) is 7. The highest BCUT2D eigenvalue weighted by molar-refractivity contribution is 5.98. The maximum Gasteiger partial charge on any atom is 0.152 e. The van der Waals surface area contributed by atoms with E-state index in [4.69, 9.17) is 10.5 Å². The van der Waals surface area contributed by atoms with Crippen LogP contribution in [0, 0.1) is 11.3 Å². The number of aromatic nitrogens is 2. The van der Waals surface area contributed by atoms with E-state index in [1.165, 1.54) is 12.4 Å². The first-order valence-electron chi connectivity index (χ1n) is 7.92. The van der Waals surface area contributed by atoms with Crippen molar-refractivity contribution in [1.82, 2.24) is 9.97 Å². The Labute approximate surface area is 156 Å². The van der Waals surface area contributed by atoms with E-state index in [9.17, 15) is 5.26 Å². The van der Waals surface area contributed by atoms with Gasteiger partial charge in [-0.25, -0.2) is 4.98 Å². The SMILES string of the molecule is C=N/C=C\C(=C)Oc1cc2ncc(C#N)c(Nc3ccccn3)c2cc1N. The van der Waals surface area contributed by atoms with Gasteiger partial charge in [0, 0.05) is 30.0 Å². The van der Waals surface area contributed by atoms with Gasteiger partial charge in [-0.1, -0.05) is 12.6 Å². The smallest absolute Gasteiger partial charge is 0.152 e. The molecule has 1 aromatic carbocycles. The number of nitrogens with zero attached hydrogens (tertiary/aromatic N) is 4. The Balaban J connectivity index is 2.06. The van der Waals surface area contributed by atoms with Crippen molar-refractivity contribution < 1.29 is 4.74 Å². The molecule has 7 nitrogen and oxygen atoms in total. The Bertz CT molecular complexity index is 1080. The van der Waals surface area contributed by atoms with Crippen molar-refractivity contribution in [3.8, 4) is 11.8 Å². The van der Waals surface area contributed by atoms with Crippen LogP contribution in [-0.4, -0.2) is 16.7 Å². The van der Waals surface area contributed by atoms with Gasteiger partial charge < -0.3 is 15.8 Å². The van der Waals surface area contributed by atoms with Crippen LogP contribution < -0.4 is 15.8 Å². The molecule has 0 aliphatic rings. The molecular formula is C20H16N6O. The standard InChI is InChI=1S/C20H16N6O/c1-13(6-8-23-2)27-18-10-17-15(9-16(18)22)20(14(11-21)12-25-17)26-19-5-3-4-7-24-19/h3-10,12H,1-2,22H2,(H,24,25,26)/b8-6-. The number of aliphatic imine (C=N–C) groups is 1. The number of nitriles is 1. The Kier molecular flexibility index (Phi) is 5.10. The van der Waals surface area contributed by atoms with Gasteiger partial charge in [0.15, 0.2) is 5.75 Å². The number of fused-ring (bicyclic) bond motifs is 1. The van der Waals surface area contributed by atoms with E-state index in [0.29, 0.717) is 45.2 Å². The van der Waals surface area contributed by atoms with Crippen molar-refractivity contribution in [1.29, 1.82) is 5.26 Å². The fourth-order valence-electron chi connectivity index (χ4n) is 2.42. The molecule has 2 heterocycles. The second-order valence-electron chi connectivity index (χ2n) is 5.47. The number of benzene rings is 1. The van der Waals surface area contributed by atoms with Crippen LogP contribution in [0.15, 0.2) is 72.3 Å². The molecule has 2 aromatic heterocycles. The Morgan fingerprint density at radius 1 is 1.33 bits per heavy atom. The van der Waals surface area contributed by atoms with Gasteiger partial charge in [0.25, 0.3) is 0 Å². The van der Waals surface area contributed by atoms with E-state index in [-0.39, 0.29) is 0 Å². The third kappa shape index (κ3) is 3.91. The predicted molar refractivity (Wildman–Crippen MR) is 107 cm³/mol. The van der Waals surface area contributed by atoms with Crippen LogP contribution >= 0.6 is 0 Å². The van der Waals surface area contributed by atoms with Gasteiger partial charge >= 0.3 is 0 Å². The zero-order valence-corrected chi connectivity index (χ0v) is 14.4. The highest BCUT2D eigenvalue weighted by Crippen LogP contribution is 2.34. The lowest BCUT2D eigenvalue weighted by molar-refractivity contribution is 0.449. The summed E-state index contributed by atoms with van der Waals surface area (Å²) in [5.41, 5.74) is 8.08. The summed E-state index contributed by atoms with van der Waals surface area (Å²) in [5.74, 6) is 1.37. The molecule has 0 fully saturated rings. The number of nitrogen functional groups attached to an aromatic ring is 1. The first-order chi connectivity index (χ1) is 13.1. The molecule has 0 saturated carbocycles. The fourth-order valence-corrected chi connectivity index (χ4v) is 2.42. The van der Waals surface area contributed by atoms with E-state index >= 15 is 0 Å². The minimum absolute atomic E-state index is 0.355. The minimum Gasteiger partial charge on any atom is -0.456 e. The van der Waals surface area contributed by atoms with Crippen LogP contribution in [0.25, 0.3) is 10.9 Å². The van der Waals surface area contributed by atoms with E-state index < -0.39 is 0 Å². The molecule has 0 bridgehead atoms. The lowest BCUT2D eigenvalue weighted by Crippen LogP contribution is -2.01. The highest BCUT2D eigenvalue weighted by atomic mass is 16.5. The maximum absolute atomic E-state index is 9.44. The number of allylic oxidation sites excluding steroid dienone is 1. The molecule has 0 saturated heterocycles. The van der Waals surface area contributed by atoms with Crippen molar-refractivity contribution in [2.24, 2.45) is 4.99 Å². The summed E-state index contributed by atoms with van der Waals surface area (Å²) in [6, 6.07) is 11.0. The molecule has 7 heteroatoms. The third-order valence-corrected chi connectivity index (χ3v) is 3.64. The van der Waals surface area contributed by atoms with Crippen LogP contribution in [0.5, 0.6) is 5.75 Å². The van der Waals surface area contributed by atoms with Crippen molar-refractivity contribution in [2.75, 3.05) is 11.1 Å². The highest BCUT2D eigenvalue weighted by Gasteiger charge is 2.13. The Morgan fingerprint density at radius 2 is 2.19 bits per heavy atom. The maximum atomic E-state index is 9.44. The minimum atomic E-state index is 0.355. The van der Waals surface area contributed by atoms with E-state index in [1.807, 2.05) is 12.1 Å². The lowest BCUT2D eigenvalue weighted by Gasteiger charge is -2.14. The molecule has 132 valence electrons. The quantitative estimate of drug-likeness (QED) is 0.300. The lowest BCUT2D eigenvalue weighted by atomic mass is 10.1. The number of pyridine rings is 2. The summed E-state index contributed by atoms with van der Waals surface area (Å²) in [5, 5.41) is 13.3. The topological polar surface area (TPSA) is 109 Å². The molecule has 27 heavy (non-hydrogen) atoms. The zero-order chi connectivity index (χ0) is 19.2. The van der Waals surface area contributed by atoms with Gasteiger partial charge in [0.2, 0.25) is 0 Å². The number of nitrogens with one attached hydrogen (secondary N) is 1. The zero-order valence-electron chi connectivity index (χ0n) is 14.4. The second kappa shape index (κ2) is 7.80. The molecule has 3 aromatic rings. The van der Waals surface area contributed by atoms with Crippen LogP contribution in [-0.2, 0) is 0 Å². The van der Waals surface area contributed by atoms with Gasteiger partial charge in [0.1, 0.15) is 17.6 Å². The molecular weight excluding hydrogens is 340 g/mol. The van der Waals surface area contributed by atoms with Crippen LogP contribution in [0.4, 0.5) is 17.2 Å². The third-order valence-electron chi connectivity index (χ3n) is 3.64. The molecule has 0 atom stereocenters. The second-order valence-corrected chi connectivity index (χ2v) is 5.47. The summed E-state index contributed by atoms with van der Waals surface area (Å²) in [4.78, 5) is 12.2. The summed E-state index contributed by atoms with van der Waals surface area (Å²) in [6.45, 7) is 7.12. The van der Waals surface area contributed by atoms with Crippen LogP contribution in [0.1, 0.15) is 5.56 Å². The summed E-state index contributed by atoms with van der Waals surface area (Å²) < 4.78 is 5.64. The monoisotopic (exact) mass is 356 g/mol. The Hall–Kier alpha value is -4.18. The van der Waals surface area contributed by atoms with Crippen molar-refractivity contribution >= 4 is 34.8 Å². The van der Waals surface area contributed by atoms with E-state index in [1.54, 1.807) is 30.5 Å². The first-order valence-corrected chi connectivity index (χ1v) is 7.92. The van der Waals surface area contributed by atoms with Crippen molar-refractivity contribution in [3.63, 3.8) is 0 Å². The van der Waals surface area contributed by atoms with Crippen molar-refractivity contribution in [2.45, 2.75) is 0 Å². The van der Waals surface area contributed by atoms with Gasteiger partial charge in [-0.05, 0) is 31.0 Å². The molecule has 0 aliphatic heterocycles. The van der Waals surface area contributed by atoms with E-state index in [0.717, 1.165) is 0 Å². The average molecular weight is 356 g/mol. The molecule has 0 radical (unpaired) electrons. The van der Waals surface area contributed by atoms with E-state index in [2.05, 4.69) is 39.6 Å². The van der Waals surface area contributed by atoms with Crippen LogP contribution in [0.3, 0.4) is 0 Å². The number of ether oxygens (including phenoxy) is 1. The molecule has 0 unspecified atom stereocenters. The molecule has 0 aliphatic carbocycles.